The molecule has 0 saturated heterocycles. The predicted octanol–water partition coefficient (Wildman–Crippen LogP) is 2.20. The number of hydrogen-bond donors (Lipinski definition) is 4. The molecule has 10 heteroatoms. The Balaban J connectivity index is 2.27. The Bertz CT molecular complexity index is 934. The Kier molecular flexibility index (Phi) is 8.21. The Hall–Kier alpha value is -2.40. The van der Waals surface area contributed by atoms with Gasteiger partial charge in [0.2, 0.25) is 21.8 Å². The number of thiol groups is 1. The summed E-state index contributed by atoms with van der Waals surface area (Å²) >= 11 is 4.52. The van der Waals surface area contributed by atoms with Gasteiger partial charge in [-0.05, 0) is 29.8 Å². The van der Waals surface area contributed by atoms with Crippen molar-refractivity contribution in [2.45, 2.75) is 23.5 Å². The van der Waals surface area contributed by atoms with Crippen LogP contribution in [0.15, 0.2) is 59.5 Å². The van der Waals surface area contributed by atoms with E-state index in [-0.39, 0.29) is 30.3 Å². The summed E-state index contributed by atoms with van der Waals surface area (Å²) in [6.07, 6.45) is -0.213. The maximum absolute atomic E-state index is 13.1. The lowest BCUT2D eigenvalue weighted by atomic mass is 10.1. The Morgan fingerprint density at radius 2 is 1.72 bits per heavy atom. The lowest BCUT2D eigenvalue weighted by Crippen LogP contribution is -2.37. The van der Waals surface area contributed by atoms with Crippen LogP contribution in [0.3, 0.4) is 0 Å². The smallest absolute Gasteiger partial charge is 0.244 e. The van der Waals surface area contributed by atoms with Crippen molar-refractivity contribution >= 4 is 40.2 Å². The van der Waals surface area contributed by atoms with Gasteiger partial charge in [-0.1, -0.05) is 30.3 Å². The van der Waals surface area contributed by atoms with E-state index in [4.69, 9.17) is 5.21 Å². The number of hydrogen-bond acceptors (Lipinski definition) is 6. The average molecular weight is 438 g/mol. The fourth-order valence-electron chi connectivity index (χ4n) is 2.63. The highest BCUT2D eigenvalue weighted by Gasteiger charge is 2.27. The van der Waals surface area contributed by atoms with Crippen molar-refractivity contribution < 1.29 is 23.2 Å². The molecule has 0 aliphatic carbocycles. The van der Waals surface area contributed by atoms with Crippen LogP contribution < -0.4 is 10.8 Å². The van der Waals surface area contributed by atoms with Crippen LogP contribution in [-0.4, -0.2) is 42.8 Å². The number of nitrogens with one attached hydrogen (secondary N) is 2. The Morgan fingerprint density at radius 1 is 1.10 bits per heavy atom. The van der Waals surface area contributed by atoms with E-state index in [0.717, 1.165) is 9.87 Å². The second-order valence-corrected chi connectivity index (χ2v) is 8.84. The second-order valence-electron chi connectivity index (χ2n) is 6.28. The monoisotopic (exact) mass is 437 g/mol. The first kappa shape index (κ1) is 22.9. The van der Waals surface area contributed by atoms with Gasteiger partial charge in [0.1, 0.15) is 0 Å². The molecule has 8 nitrogen and oxygen atoms in total. The molecule has 0 fully saturated rings. The second kappa shape index (κ2) is 10.4. The summed E-state index contributed by atoms with van der Waals surface area (Å²) in [5.74, 6) is -0.959. The first-order valence-corrected chi connectivity index (χ1v) is 10.7. The van der Waals surface area contributed by atoms with Crippen molar-refractivity contribution in [3.63, 3.8) is 0 Å². The van der Waals surface area contributed by atoms with Gasteiger partial charge in [-0.25, -0.2) is 13.9 Å². The van der Waals surface area contributed by atoms with Gasteiger partial charge in [-0.2, -0.15) is 16.9 Å². The van der Waals surface area contributed by atoms with Crippen molar-refractivity contribution in [1.29, 1.82) is 0 Å². The topological polar surface area (TPSA) is 116 Å². The zero-order valence-electron chi connectivity index (χ0n) is 15.8. The average Bonchev–Trinajstić information content (AvgIpc) is 2.71. The Morgan fingerprint density at radius 3 is 2.28 bits per heavy atom. The van der Waals surface area contributed by atoms with Crippen LogP contribution in [0.2, 0.25) is 0 Å². The summed E-state index contributed by atoms with van der Waals surface area (Å²) in [6.45, 7) is 1.25. The van der Waals surface area contributed by atoms with E-state index in [1.165, 1.54) is 36.7 Å². The van der Waals surface area contributed by atoms with Crippen LogP contribution in [0.25, 0.3) is 0 Å². The summed E-state index contributed by atoms with van der Waals surface area (Å²) in [5, 5.41) is 10.9. The largest absolute Gasteiger partial charge is 0.326 e. The van der Waals surface area contributed by atoms with Crippen LogP contribution in [0.4, 0.5) is 5.69 Å². The third-order valence-electron chi connectivity index (χ3n) is 4.09. The number of anilines is 1. The third-order valence-corrected chi connectivity index (χ3v) is 6.43. The first-order chi connectivity index (χ1) is 13.7. The minimum absolute atomic E-state index is 0.0182. The van der Waals surface area contributed by atoms with E-state index in [0.29, 0.717) is 5.69 Å². The molecule has 2 aromatic rings. The van der Waals surface area contributed by atoms with Crippen molar-refractivity contribution in [3.05, 3.63) is 60.2 Å². The van der Waals surface area contributed by atoms with Gasteiger partial charge >= 0.3 is 0 Å². The highest BCUT2D eigenvalue weighted by atomic mass is 32.2. The molecule has 0 spiro atoms. The molecule has 1 unspecified atom stereocenters. The van der Waals surface area contributed by atoms with Gasteiger partial charge in [-0.3, -0.25) is 14.8 Å². The maximum atomic E-state index is 13.1. The molecule has 0 aliphatic heterocycles. The number of amides is 2. The lowest BCUT2D eigenvalue weighted by Gasteiger charge is -2.25. The Labute approximate surface area is 175 Å². The van der Waals surface area contributed by atoms with Gasteiger partial charge in [0.05, 0.1) is 4.90 Å². The maximum Gasteiger partial charge on any atom is 0.244 e. The number of sulfonamides is 1. The fourth-order valence-corrected chi connectivity index (χ4v) is 4.56. The third kappa shape index (κ3) is 6.57. The molecule has 0 aliphatic rings. The number of carbonyl (C=O) groups is 2. The van der Waals surface area contributed by atoms with Gasteiger partial charge in [-0.15, -0.1) is 0 Å². The van der Waals surface area contributed by atoms with Crippen molar-refractivity contribution in [2.75, 3.05) is 18.4 Å². The highest BCUT2D eigenvalue weighted by Crippen LogP contribution is 2.25. The standard InChI is InChI=1S/C19H23N3O5S2/c1-14(23)20-16-7-9-17(10-8-16)29(26,27)22(12-11-19(24)21-25)13-18(28)15-5-3-2-4-6-15/h2-10,18,25,28H,11-13H2,1H3,(H,20,23)(H,21,24). The minimum atomic E-state index is -3.94. The fraction of sp³-hybridized carbons (Fsp3) is 0.263. The summed E-state index contributed by atoms with van der Waals surface area (Å²) in [6, 6.07) is 14.9. The van der Waals surface area contributed by atoms with E-state index in [2.05, 4.69) is 17.9 Å². The number of carbonyl (C=O) groups excluding carboxylic acids is 2. The molecular weight excluding hydrogens is 414 g/mol. The van der Waals surface area contributed by atoms with Gasteiger partial charge in [0.25, 0.3) is 0 Å². The van der Waals surface area contributed by atoms with Crippen molar-refractivity contribution in [2.24, 2.45) is 0 Å². The molecule has 3 N–H and O–H groups in total. The normalized spacial score (nSPS) is 12.4. The number of benzene rings is 2. The van der Waals surface area contributed by atoms with E-state index in [9.17, 15) is 18.0 Å². The van der Waals surface area contributed by atoms with Crippen LogP contribution in [0.5, 0.6) is 0 Å². The number of nitrogens with zero attached hydrogens (tertiary/aromatic N) is 1. The van der Waals surface area contributed by atoms with Crippen molar-refractivity contribution in [1.82, 2.24) is 9.79 Å². The number of rotatable bonds is 9. The van der Waals surface area contributed by atoms with E-state index < -0.39 is 21.2 Å². The number of hydroxylamine groups is 1. The van der Waals surface area contributed by atoms with E-state index in [1.807, 2.05) is 30.3 Å². The zero-order chi connectivity index (χ0) is 21.4. The molecular formula is C19H23N3O5S2. The molecule has 0 heterocycles. The first-order valence-electron chi connectivity index (χ1n) is 8.78. The van der Waals surface area contributed by atoms with Gasteiger partial charge in [0.15, 0.2) is 0 Å². The molecule has 2 aromatic carbocycles. The van der Waals surface area contributed by atoms with E-state index >= 15 is 0 Å². The molecule has 0 bridgehead atoms. The lowest BCUT2D eigenvalue weighted by molar-refractivity contribution is -0.129. The predicted molar refractivity (Wildman–Crippen MR) is 112 cm³/mol. The van der Waals surface area contributed by atoms with Crippen LogP contribution in [0, 0.1) is 0 Å². The highest BCUT2D eigenvalue weighted by molar-refractivity contribution is 7.89. The van der Waals surface area contributed by atoms with Crippen LogP contribution in [-0.2, 0) is 19.6 Å². The van der Waals surface area contributed by atoms with Crippen LogP contribution >= 0.6 is 12.6 Å². The summed E-state index contributed by atoms with van der Waals surface area (Å²) < 4.78 is 27.4. The minimum Gasteiger partial charge on any atom is -0.326 e. The molecule has 156 valence electrons. The summed E-state index contributed by atoms with van der Waals surface area (Å²) in [4.78, 5) is 22.6. The molecule has 29 heavy (non-hydrogen) atoms. The van der Waals surface area contributed by atoms with Crippen LogP contribution in [0.1, 0.15) is 24.2 Å². The molecule has 2 amide bonds. The van der Waals surface area contributed by atoms with E-state index in [1.54, 1.807) is 0 Å². The molecule has 1 atom stereocenters. The molecule has 0 aromatic heterocycles. The van der Waals surface area contributed by atoms with Crippen molar-refractivity contribution in [3.8, 4) is 0 Å². The molecule has 2 rings (SSSR count). The molecule has 0 radical (unpaired) electrons. The zero-order valence-corrected chi connectivity index (χ0v) is 17.5. The quantitative estimate of drug-likeness (QED) is 0.273. The summed E-state index contributed by atoms with van der Waals surface area (Å²) in [5.41, 5.74) is 2.81. The summed E-state index contributed by atoms with van der Waals surface area (Å²) in [7, 11) is -3.94. The van der Waals surface area contributed by atoms with Gasteiger partial charge < -0.3 is 5.32 Å². The molecule has 0 saturated carbocycles. The van der Waals surface area contributed by atoms with Gasteiger partial charge in [0, 0.05) is 37.4 Å². The SMILES string of the molecule is CC(=O)Nc1ccc(S(=O)(=O)N(CCC(=O)NO)CC(S)c2ccccc2)cc1.